The highest BCUT2D eigenvalue weighted by Gasteiger charge is 2.26. The molecule has 2 aromatic heterocycles. The van der Waals surface area contributed by atoms with Crippen molar-refractivity contribution in [2.75, 3.05) is 11.9 Å². The van der Waals surface area contributed by atoms with Crippen LogP contribution < -0.4 is 10.6 Å². The molecular weight excluding hydrogens is 438 g/mol. The third-order valence-corrected chi connectivity index (χ3v) is 6.95. The molecule has 0 spiro atoms. The van der Waals surface area contributed by atoms with Gasteiger partial charge in [-0.1, -0.05) is 6.92 Å². The summed E-state index contributed by atoms with van der Waals surface area (Å²) in [5.74, 6) is 2.25. The number of carbonyl (C=O) groups excluding carboxylic acids is 1. The summed E-state index contributed by atoms with van der Waals surface area (Å²) in [4.78, 5) is 21.6. The summed E-state index contributed by atoms with van der Waals surface area (Å²) in [5, 5.41) is 11.1. The van der Waals surface area contributed by atoms with Crippen LogP contribution in [-0.2, 0) is 6.54 Å². The van der Waals surface area contributed by atoms with E-state index in [0.29, 0.717) is 30.8 Å². The molecule has 178 valence electrons. The van der Waals surface area contributed by atoms with Crippen LogP contribution in [0.2, 0.25) is 0 Å². The van der Waals surface area contributed by atoms with Crippen molar-refractivity contribution in [3.8, 4) is 17.1 Å². The highest BCUT2D eigenvalue weighted by atomic mass is 16.1. The molecule has 3 heterocycles. The SMILES string of the molecule is CCn1nc(-c2ccc(-n3cnc(C4CC4)c3)c(C)c2)nc1Nc1ccc2c(c1)C(C)CNC2=O. The number of anilines is 2. The Bertz CT molecular complexity index is 1430. The number of imidazole rings is 1. The Kier molecular flexibility index (Phi) is 5.16. The summed E-state index contributed by atoms with van der Waals surface area (Å²) >= 11 is 0. The third-order valence-electron chi connectivity index (χ3n) is 6.95. The monoisotopic (exact) mass is 467 g/mol. The number of hydrogen-bond acceptors (Lipinski definition) is 5. The van der Waals surface area contributed by atoms with Gasteiger partial charge in [-0.3, -0.25) is 4.79 Å². The molecule has 0 bridgehead atoms. The van der Waals surface area contributed by atoms with E-state index in [0.717, 1.165) is 33.6 Å². The summed E-state index contributed by atoms with van der Waals surface area (Å²) in [6.07, 6.45) is 6.55. The first-order valence-corrected chi connectivity index (χ1v) is 12.3. The van der Waals surface area contributed by atoms with Gasteiger partial charge in [-0.15, -0.1) is 5.10 Å². The lowest BCUT2D eigenvalue weighted by Gasteiger charge is -2.23. The zero-order valence-electron chi connectivity index (χ0n) is 20.2. The van der Waals surface area contributed by atoms with Gasteiger partial charge in [0.15, 0.2) is 5.82 Å². The Morgan fingerprint density at radius 2 is 2.03 bits per heavy atom. The standard InChI is InChI=1S/C27H29N7O/c1-4-34-27(30-20-8-9-21-22(12-20)17(3)13-28-26(21)35)31-25(32-34)19-7-10-24(16(2)11-19)33-14-23(29-15-33)18-5-6-18/h7-12,14-15,17-18H,4-6,13H2,1-3H3,(H,28,35)(H,30,31,32). The van der Waals surface area contributed by atoms with Crippen molar-refractivity contribution >= 4 is 17.5 Å². The number of aryl methyl sites for hydroxylation is 2. The molecule has 1 unspecified atom stereocenters. The summed E-state index contributed by atoms with van der Waals surface area (Å²) in [6.45, 7) is 7.62. The molecule has 8 nitrogen and oxygen atoms in total. The quantitative estimate of drug-likeness (QED) is 0.420. The molecule has 0 saturated heterocycles. The fraction of sp³-hybridized carbons (Fsp3) is 0.333. The summed E-state index contributed by atoms with van der Waals surface area (Å²) in [5.41, 5.74) is 7.11. The maximum atomic E-state index is 12.2. The minimum atomic E-state index is -0.0121. The van der Waals surface area contributed by atoms with Gasteiger partial charge in [0, 0.05) is 47.7 Å². The Balaban J connectivity index is 1.27. The first kappa shape index (κ1) is 21.6. The minimum absolute atomic E-state index is 0.0121. The lowest BCUT2D eigenvalue weighted by molar-refractivity contribution is 0.0941. The van der Waals surface area contributed by atoms with Gasteiger partial charge in [-0.05, 0) is 80.1 Å². The number of benzene rings is 2. The van der Waals surface area contributed by atoms with Gasteiger partial charge in [0.05, 0.1) is 12.0 Å². The van der Waals surface area contributed by atoms with Crippen molar-refractivity contribution in [3.05, 3.63) is 71.3 Å². The third kappa shape index (κ3) is 3.99. The van der Waals surface area contributed by atoms with Crippen LogP contribution in [0.3, 0.4) is 0 Å². The fourth-order valence-electron chi connectivity index (χ4n) is 4.76. The molecule has 1 fully saturated rings. The van der Waals surface area contributed by atoms with Crippen LogP contribution >= 0.6 is 0 Å². The molecule has 35 heavy (non-hydrogen) atoms. The predicted molar refractivity (Wildman–Crippen MR) is 135 cm³/mol. The Hall–Kier alpha value is -3.94. The predicted octanol–water partition coefficient (Wildman–Crippen LogP) is 4.93. The van der Waals surface area contributed by atoms with Gasteiger partial charge in [-0.2, -0.15) is 4.98 Å². The molecule has 2 N–H and O–H groups in total. The smallest absolute Gasteiger partial charge is 0.251 e. The summed E-state index contributed by atoms with van der Waals surface area (Å²) in [6, 6.07) is 12.2. The number of rotatable bonds is 6. The van der Waals surface area contributed by atoms with Gasteiger partial charge in [-0.25, -0.2) is 9.67 Å². The first-order chi connectivity index (χ1) is 17.0. The lowest BCUT2D eigenvalue weighted by Crippen LogP contribution is -2.33. The number of hydrogen-bond donors (Lipinski definition) is 2. The van der Waals surface area contributed by atoms with Gasteiger partial charge in [0.2, 0.25) is 5.95 Å². The largest absolute Gasteiger partial charge is 0.351 e. The Morgan fingerprint density at radius 1 is 1.17 bits per heavy atom. The zero-order valence-corrected chi connectivity index (χ0v) is 20.2. The first-order valence-electron chi connectivity index (χ1n) is 12.3. The van der Waals surface area contributed by atoms with E-state index in [1.165, 1.54) is 18.5 Å². The van der Waals surface area contributed by atoms with Gasteiger partial charge in [0.25, 0.3) is 5.91 Å². The molecule has 1 saturated carbocycles. The van der Waals surface area contributed by atoms with Crippen LogP contribution in [0.5, 0.6) is 0 Å². The van der Waals surface area contributed by atoms with Crippen LogP contribution in [-0.4, -0.2) is 36.8 Å². The van der Waals surface area contributed by atoms with Crippen molar-refractivity contribution in [1.29, 1.82) is 0 Å². The van der Waals surface area contributed by atoms with Crippen LogP contribution in [0.1, 0.15) is 65.7 Å². The molecule has 1 aliphatic carbocycles. The van der Waals surface area contributed by atoms with E-state index in [1.54, 1.807) is 0 Å². The highest BCUT2D eigenvalue weighted by molar-refractivity contribution is 5.97. The molecule has 1 amide bonds. The van der Waals surface area contributed by atoms with Crippen molar-refractivity contribution in [3.63, 3.8) is 0 Å². The van der Waals surface area contributed by atoms with E-state index >= 15 is 0 Å². The average molecular weight is 468 g/mol. The number of fused-ring (bicyclic) bond motifs is 1. The molecular formula is C27H29N7O. The van der Waals surface area contributed by atoms with Gasteiger partial charge >= 0.3 is 0 Å². The molecule has 2 aliphatic rings. The second-order valence-corrected chi connectivity index (χ2v) is 9.59. The topological polar surface area (TPSA) is 89.7 Å². The number of amides is 1. The van der Waals surface area contributed by atoms with Crippen molar-refractivity contribution in [1.82, 2.24) is 29.6 Å². The normalized spacial score (nSPS) is 17.2. The number of nitrogens with zero attached hydrogens (tertiary/aromatic N) is 5. The summed E-state index contributed by atoms with van der Waals surface area (Å²) in [7, 11) is 0. The van der Waals surface area contributed by atoms with Crippen molar-refractivity contribution in [2.24, 2.45) is 0 Å². The molecule has 0 radical (unpaired) electrons. The molecule has 2 aromatic carbocycles. The van der Waals surface area contributed by atoms with E-state index in [4.69, 9.17) is 10.1 Å². The van der Waals surface area contributed by atoms with E-state index in [1.807, 2.05) is 36.1 Å². The molecule has 4 aromatic rings. The molecule has 1 atom stereocenters. The lowest BCUT2D eigenvalue weighted by atomic mass is 9.91. The second-order valence-electron chi connectivity index (χ2n) is 9.59. The average Bonchev–Trinajstić information content (AvgIpc) is 3.45. The van der Waals surface area contributed by atoms with Crippen molar-refractivity contribution < 1.29 is 4.79 Å². The van der Waals surface area contributed by atoms with Gasteiger partial charge < -0.3 is 15.2 Å². The van der Waals surface area contributed by atoms with Crippen LogP contribution in [0.4, 0.5) is 11.6 Å². The van der Waals surface area contributed by atoms with E-state index in [9.17, 15) is 4.79 Å². The highest BCUT2D eigenvalue weighted by Crippen LogP contribution is 2.39. The summed E-state index contributed by atoms with van der Waals surface area (Å²) < 4.78 is 3.97. The van der Waals surface area contributed by atoms with Gasteiger partial charge in [0.1, 0.15) is 0 Å². The van der Waals surface area contributed by atoms with Crippen molar-refractivity contribution in [2.45, 2.75) is 52.0 Å². The maximum absolute atomic E-state index is 12.2. The second kappa shape index (κ2) is 8.37. The Labute approximate surface area is 204 Å². The van der Waals surface area contributed by atoms with E-state index in [-0.39, 0.29) is 11.8 Å². The Morgan fingerprint density at radius 3 is 2.80 bits per heavy atom. The number of nitrogens with one attached hydrogen (secondary N) is 2. The maximum Gasteiger partial charge on any atom is 0.251 e. The number of carbonyl (C=O) groups is 1. The van der Waals surface area contributed by atoms with Crippen LogP contribution in [0.25, 0.3) is 17.1 Å². The zero-order chi connectivity index (χ0) is 24.1. The molecule has 1 aliphatic heterocycles. The van der Waals surface area contributed by atoms with E-state index in [2.05, 4.69) is 58.4 Å². The molecule has 8 heteroatoms. The van der Waals surface area contributed by atoms with Crippen LogP contribution in [0, 0.1) is 6.92 Å². The van der Waals surface area contributed by atoms with Crippen LogP contribution in [0.15, 0.2) is 48.9 Å². The minimum Gasteiger partial charge on any atom is -0.351 e. The molecule has 6 rings (SSSR count). The number of aromatic nitrogens is 5. The fourth-order valence-corrected chi connectivity index (χ4v) is 4.76. The van der Waals surface area contributed by atoms with E-state index < -0.39 is 0 Å².